The Morgan fingerprint density at radius 2 is 2.04 bits per heavy atom. The molecule has 1 aromatic heterocycles. The van der Waals surface area contributed by atoms with Gasteiger partial charge in [0.1, 0.15) is 11.6 Å². The fourth-order valence-corrected chi connectivity index (χ4v) is 3.69. The van der Waals surface area contributed by atoms with Gasteiger partial charge in [-0.2, -0.15) is 0 Å². The molecule has 1 aliphatic heterocycles. The topological polar surface area (TPSA) is 58.2 Å². The second-order valence-corrected chi connectivity index (χ2v) is 7.44. The van der Waals surface area contributed by atoms with Crippen molar-refractivity contribution in [3.63, 3.8) is 0 Å². The maximum absolute atomic E-state index is 13.0. The Labute approximate surface area is 159 Å². The fraction of sp³-hybridized carbons (Fsp3) is 0.364. The number of carbonyl (C=O) groups is 1. The Bertz CT molecular complexity index is 946. The lowest BCUT2D eigenvalue weighted by Crippen LogP contribution is -2.41. The molecule has 1 atom stereocenters. The molecule has 0 spiro atoms. The molecule has 27 heavy (non-hydrogen) atoms. The van der Waals surface area contributed by atoms with Crippen LogP contribution in [0.4, 0.5) is 0 Å². The Balaban J connectivity index is 1.40. The molecule has 2 heterocycles. The summed E-state index contributed by atoms with van der Waals surface area (Å²) >= 11 is 0. The molecule has 3 aromatic rings. The zero-order valence-electron chi connectivity index (χ0n) is 15.9. The van der Waals surface area contributed by atoms with Gasteiger partial charge in [-0.1, -0.05) is 17.7 Å². The van der Waals surface area contributed by atoms with Crippen LogP contribution < -0.4 is 4.74 Å². The summed E-state index contributed by atoms with van der Waals surface area (Å²) in [4.78, 5) is 22.5. The predicted molar refractivity (Wildman–Crippen MR) is 106 cm³/mol. The first-order valence-electron chi connectivity index (χ1n) is 9.53. The van der Waals surface area contributed by atoms with Crippen molar-refractivity contribution in [3.8, 4) is 5.75 Å². The monoisotopic (exact) mass is 363 g/mol. The molecule has 2 aromatic carbocycles. The van der Waals surface area contributed by atoms with Gasteiger partial charge in [-0.3, -0.25) is 4.79 Å². The number of likely N-dealkylation sites (tertiary alicyclic amines) is 1. The second kappa shape index (κ2) is 7.43. The van der Waals surface area contributed by atoms with Gasteiger partial charge in [0.05, 0.1) is 17.6 Å². The van der Waals surface area contributed by atoms with Crippen LogP contribution in [-0.2, 0) is 0 Å². The van der Waals surface area contributed by atoms with Gasteiger partial charge in [0.15, 0.2) is 0 Å². The molecule has 0 saturated carbocycles. The van der Waals surface area contributed by atoms with Crippen molar-refractivity contribution in [2.45, 2.75) is 26.7 Å². The zero-order valence-corrected chi connectivity index (χ0v) is 15.9. The van der Waals surface area contributed by atoms with E-state index in [1.54, 1.807) is 0 Å². The second-order valence-electron chi connectivity index (χ2n) is 7.44. The number of aryl methyl sites for hydroxylation is 2. The SMILES string of the molecule is Cc1ccc(OCC2CCCN(C(=O)c3ccc4nc(C)[nH]c4c3)C2)cc1. The van der Waals surface area contributed by atoms with E-state index in [9.17, 15) is 4.79 Å². The predicted octanol–water partition coefficient (Wildman–Crippen LogP) is 4.11. The van der Waals surface area contributed by atoms with E-state index in [0.717, 1.165) is 48.5 Å². The van der Waals surface area contributed by atoms with Crippen LogP contribution in [0.15, 0.2) is 42.5 Å². The number of nitrogens with one attached hydrogen (secondary N) is 1. The van der Waals surface area contributed by atoms with E-state index in [-0.39, 0.29) is 5.91 Å². The summed E-state index contributed by atoms with van der Waals surface area (Å²) in [5.41, 5.74) is 3.74. The molecule has 1 amide bonds. The van der Waals surface area contributed by atoms with Gasteiger partial charge in [-0.05, 0) is 57.0 Å². The van der Waals surface area contributed by atoms with Crippen LogP contribution in [0.3, 0.4) is 0 Å². The number of aromatic amines is 1. The Morgan fingerprint density at radius 1 is 1.22 bits per heavy atom. The average Bonchev–Trinajstić information content (AvgIpc) is 3.06. The minimum absolute atomic E-state index is 0.0872. The lowest BCUT2D eigenvalue weighted by atomic mass is 9.98. The number of piperidine rings is 1. The highest BCUT2D eigenvalue weighted by Gasteiger charge is 2.25. The van der Waals surface area contributed by atoms with Crippen molar-refractivity contribution in [2.75, 3.05) is 19.7 Å². The number of nitrogens with zero attached hydrogens (tertiary/aromatic N) is 2. The highest BCUT2D eigenvalue weighted by molar-refractivity contribution is 5.97. The smallest absolute Gasteiger partial charge is 0.253 e. The van der Waals surface area contributed by atoms with E-state index < -0.39 is 0 Å². The molecule has 4 rings (SSSR count). The molecule has 1 unspecified atom stereocenters. The van der Waals surface area contributed by atoms with Crippen LogP contribution in [0.1, 0.15) is 34.6 Å². The number of hydrogen-bond donors (Lipinski definition) is 1. The van der Waals surface area contributed by atoms with Crippen LogP contribution >= 0.6 is 0 Å². The summed E-state index contributed by atoms with van der Waals surface area (Å²) < 4.78 is 5.94. The molecule has 140 valence electrons. The quantitative estimate of drug-likeness (QED) is 0.759. The van der Waals surface area contributed by atoms with Gasteiger partial charge < -0.3 is 14.6 Å². The van der Waals surface area contributed by atoms with Crippen molar-refractivity contribution < 1.29 is 9.53 Å². The first-order valence-corrected chi connectivity index (χ1v) is 9.53. The summed E-state index contributed by atoms with van der Waals surface area (Å²) in [6, 6.07) is 13.8. The summed E-state index contributed by atoms with van der Waals surface area (Å²) in [6.45, 7) is 6.18. The number of rotatable bonds is 4. The van der Waals surface area contributed by atoms with E-state index in [1.165, 1.54) is 5.56 Å². The van der Waals surface area contributed by atoms with Crippen molar-refractivity contribution in [2.24, 2.45) is 5.92 Å². The number of H-pyrrole nitrogens is 1. The Kier molecular flexibility index (Phi) is 4.84. The summed E-state index contributed by atoms with van der Waals surface area (Å²) in [5.74, 6) is 2.20. The first-order chi connectivity index (χ1) is 13.1. The number of benzene rings is 2. The van der Waals surface area contributed by atoms with Gasteiger partial charge >= 0.3 is 0 Å². The number of hydrogen-bond acceptors (Lipinski definition) is 3. The largest absolute Gasteiger partial charge is 0.493 e. The van der Waals surface area contributed by atoms with Crippen LogP contribution in [0, 0.1) is 19.8 Å². The van der Waals surface area contributed by atoms with Crippen molar-refractivity contribution in [3.05, 3.63) is 59.4 Å². The number of fused-ring (bicyclic) bond motifs is 1. The molecular weight excluding hydrogens is 338 g/mol. The first kappa shape index (κ1) is 17.6. The van der Waals surface area contributed by atoms with E-state index >= 15 is 0 Å². The molecule has 0 bridgehead atoms. The number of aromatic nitrogens is 2. The Hall–Kier alpha value is -2.82. The molecular formula is C22H25N3O2. The number of ether oxygens (including phenoxy) is 1. The summed E-state index contributed by atoms with van der Waals surface area (Å²) in [5, 5.41) is 0. The zero-order chi connectivity index (χ0) is 18.8. The van der Waals surface area contributed by atoms with E-state index in [0.29, 0.717) is 18.1 Å². The van der Waals surface area contributed by atoms with Gasteiger partial charge in [0.2, 0.25) is 0 Å². The third kappa shape index (κ3) is 3.97. The van der Waals surface area contributed by atoms with Crippen LogP contribution in [0.5, 0.6) is 5.75 Å². The van der Waals surface area contributed by atoms with Gasteiger partial charge in [0.25, 0.3) is 5.91 Å². The van der Waals surface area contributed by atoms with Crippen molar-refractivity contribution in [1.29, 1.82) is 0 Å². The van der Waals surface area contributed by atoms with Gasteiger partial charge in [-0.15, -0.1) is 0 Å². The minimum Gasteiger partial charge on any atom is -0.493 e. The van der Waals surface area contributed by atoms with Gasteiger partial charge in [0, 0.05) is 24.6 Å². The maximum atomic E-state index is 13.0. The molecule has 1 saturated heterocycles. The molecule has 0 radical (unpaired) electrons. The van der Waals surface area contributed by atoms with E-state index in [1.807, 2.05) is 42.2 Å². The average molecular weight is 363 g/mol. The minimum atomic E-state index is 0.0872. The standard InChI is InChI=1S/C22H25N3O2/c1-15-5-8-19(9-6-15)27-14-17-4-3-11-25(13-17)22(26)18-7-10-20-21(12-18)24-16(2)23-20/h5-10,12,17H,3-4,11,13-14H2,1-2H3,(H,23,24). The van der Waals surface area contributed by atoms with Crippen molar-refractivity contribution in [1.82, 2.24) is 14.9 Å². The molecule has 5 nitrogen and oxygen atoms in total. The lowest BCUT2D eigenvalue weighted by Gasteiger charge is -2.32. The maximum Gasteiger partial charge on any atom is 0.253 e. The van der Waals surface area contributed by atoms with Crippen LogP contribution in [0.25, 0.3) is 11.0 Å². The normalized spacial score (nSPS) is 17.3. The number of amides is 1. The fourth-order valence-electron chi connectivity index (χ4n) is 3.69. The highest BCUT2D eigenvalue weighted by Crippen LogP contribution is 2.22. The van der Waals surface area contributed by atoms with Gasteiger partial charge in [-0.25, -0.2) is 4.98 Å². The Morgan fingerprint density at radius 3 is 2.85 bits per heavy atom. The van der Waals surface area contributed by atoms with Crippen LogP contribution in [0.2, 0.25) is 0 Å². The summed E-state index contributed by atoms with van der Waals surface area (Å²) in [6.07, 6.45) is 2.10. The molecule has 1 N–H and O–H groups in total. The molecule has 0 aliphatic carbocycles. The number of carbonyl (C=O) groups excluding carboxylic acids is 1. The number of imidazole rings is 1. The van der Waals surface area contributed by atoms with E-state index in [4.69, 9.17) is 4.74 Å². The molecule has 5 heteroatoms. The van der Waals surface area contributed by atoms with E-state index in [2.05, 4.69) is 29.0 Å². The highest BCUT2D eigenvalue weighted by atomic mass is 16.5. The van der Waals surface area contributed by atoms with Crippen LogP contribution in [-0.4, -0.2) is 40.5 Å². The molecule has 1 fully saturated rings. The lowest BCUT2D eigenvalue weighted by molar-refractivity contribution is 0.0633. The summed E-state index contributed by atoms with van der Waals surface area (Å²) in [7, 11) is 0. The third-order valence-electron chi connectivity index (χ3n) is 5.16. The van der Waals surface area contributed by atoms with Crippen molar-refractivity contribution >= 4 is 16.9 Å². The third-order valence-corrected chi connectivity index (χ3v) is 5.16. The molecule has 1 aliphatic rings.